The molecule has 0 unspecified atom stereocenters. The van der Waals surface area contributed by atoms with Crippen molar-refractivity contribution in [2.24, 2.45) is 0 Å². The minimum absolute atomic E-state index is 0.125. The highest BCUT2D eigenvalue weighted by Crippen LogP contribution is 2.33. The van der Waals surface area contributed by atoms with Crippen molar-refractivity contribution >= 4 is 39.8 Å². The summed E-state index contributed by atoms with van der Waals surface area (Å²) in [7, 11) is 0. The summed E-state index contributed by atoms with van der Waals surface area (Å²) in [5.74, 6) is -1.29. The van der Waals surface area contributed by atoms with Crippen LogP contribution < -0.4 is 5.32 Å². The zero-order valence-corrected chi connectivity index (χ0v) is 15.8. The average Bonchev–Trinajstić information content (AvgIpc) is 2.95. The van der Waals surface area contributed by atoms with Gasteiger partial charge in [-0.1, -0.05) is 31.5 Å². The predicted molar refractivity (Wildman–Crippen MR) is 98.1 cm³/mol. The highest BCUT2D eigenvalue weighted by atomic mass is 35.5. The van der Waals surface area contributed by atoms with Crippen molar-refractivity contribution in [1.29, 1.82) is 0 Å². The van der Waals surface area contributed by atoms with E-state index in [4.69, 9.17) is 16.3 Å². The molecule has 0 saturated carbocycles. The van der Waals surface area contributed by atoms with Gasteiger partial charge in [0.05, 0.1) is 18.6 Å². The summed E-state index contributed by atoms with van der Waals surface area (Å²) in [6.45, 7) is 5.94. The number of hydrogen-bond acceptors (Lipinski definition) is 4. The molecule has 25 heavy (non-hydrogen) atoms. The first-order chi connectivity index (χ1) is 11.8. The maximum Gasteiger partial charge on any atom is 0.341 e. The normalized spacial score (nSPS) is 10.8. The second kappa shape index (κ2) is 8.45. The summed E-state index contributed by atoms with van der Waals surface area (Å²) in [5, 5.41) is 3.27. The van der Waals surface area contributed by atoms with Crippen molar-refractivity contribution in [2.45, 2.75) is 33.1 Å². The van der Waals surface area contributed by atoms with Crippen molar-refractivity contribution < 1.29 is 18.7 Å². The molecule has 1 amide bonds. The molecule has 0 bridgehead atoms. The van der Waals surface area contributed by atoms with Crippen LogP contribution in [0.2, 0.25) is 5.02 Å². The minimum Gasteiger partial charge on any atom is -0.462 e. The number of ether oxygens (including phenoxy) is 1. The molecular weight excluding hydrogens is 365 g/mol. The van der Waals surface area contributed by atoms with Gasteiger partial charge in [-0.25, -0.2) is 9.18 Å². The number of esters is 1. The molecule has 134 valence electrons. The first-order valence-electron chi connectivity index (χ1n) is 7.87. The van der Waals surface area contributed by atoms with E-state index in [2.05, 4.69) is 5.32 Å². The van der Waals surface area contributed by atoms with Crippen molar-refractivity contribution in [3.8, 4) is 0 Å². The summed E-state index contributed by atoms with van der Waals surface area (Å²) in [6.07, 6.45) is -0.220. The fraction of sp³-hybridized carbons (Fsp3) is 0.333. The Morgan fingerprint density at radius 3 is 2.68 bits per heavy atom. The average molecular weight is 384 g/mol. The molecule has 1 heterocycles. The van der Waals surface area contributed by atoms with E-state index in [0.717, 1.165) is 4.88 Å². The molecule has 0 aliphatic rings. The van der Waals surface area contributed by atoms with E-state index < -0.39 is 17.7 Å². The number of anilines is 1. The lowest BCUT2D eigenvalue weighted by Crippen LogP contribution is -2.17. The standard InChI is InChI=1S/C18H19ClFNO3S/c1-4-24-18(23)12-8-15(10(2)3)25-17(12)21-16(22)9-11-13(19)6-5-7-14(11)20/h5-8,10H,4,9H2,1-3H3,(H,21,22). The van der Waals surface area contributed by atoms with Gasteiger partial charge >= 0.3 is 5.97 Å². The molecule has 1 aromatic carbocycles. The number of thiophene rings is 1. The lowest BCUT2D eigenvalue weighted by molar-refractivity contribution is -0.115. The number of halogens is 2. The molecule has 1 N–H and O–H groups in total. The summed E-state index contributed by atoms with van der Waals surface area (Å²) in [6, 6.07) is 5.98. The zero-order chi connectivity index (χ0) is 18.6. The molecule has 7 heteroatoms. The van der Waals surface area contributed by atoms with Gasteiger partial charge in [0.1, 0.15) is 10.8 Å². The Morgan fingerprint density at radius 1 is 1.36 bits per heavy atom. The highest BCUT2D eigenvalue weighted by Gasteiger charge is 2.21. The van der Waals surface area contributed by atoms with E-state index >= 15 is 0 Å². The molecular formula is C18H19ClFNO3S. The number of benzene rings is 1. The molecule has 4 nitrogen and oxygen atoms in total. The Balaban J connectivity index is 2.23. The van der Waals surface area contributed by atoms with E-state index in [0.29, 0.717) is 10.6 Å². The van der Waals surface area contributed by atoms with Gasteiger partial charge < -0.3 is 10.1 Å². The lowest BCUT2D eigenvalue weighted by atomic mass is 10.1. The second-order valence-corrected chi connectivity index (χ2v) is 7.18. The number of amides is 1. The molecule has 0 spiro atoms. The van der Waals surface area contributed by atoms with Crippen LogP contribution in [0.25, 0.3) is 0 Å². The van der Waals surface area contributed by atoms with Gasteiger partial charge in [0, 0.05) is 15.5 Å². The number of hydrogen-bond donors (Lipinski definition) is 1. The van der Waals surface area contributed by atoms with Crippen LogP contribution in [-0.4, -0.2) is 18.5 Å². The van der Waals surface area contributed by atoms with E-state index in [1.807, 2.05) is 13.8 Å². The van der Waals surface area contributed by atoms with E-state index in [1.54, 1.807) is 13.0 Å². The van der Waals surface area contributed by atoms with Gasteiger partial charge in [-0.05, 0) is 31.0 Å². The third-order valence-electron chi connectivity index (χ3n) is 3.47. The van der Waals surface area contributed by atoms with Gasteiger partial charge in [0.15, 0.2) is 0 Å². The van der Waals surface area contributed by atoms with E-state index in [1.165, 1.54) is 29.5 Å². The Hall–Kier alpha value is -1.92. The first-order valence-corrected chi connectivity index (χ1v) is 9.06. The number of carbonyl (C=O) groups excluding carboxylic acids is 2. The van der Waals surface area contributed by atoms with Crippen LogP contribution in [0.1, 0.15) is 47.5 Å². The van der Waals surface area contributed by atoms with E-state index in [-0.39, 0.29) is 29.5 Å². The Bertz CT molecular complexity index is 768. The number of nitrogens with one attached hydrogen (secondary N) is 1. The summed E-state index contributed by atoms with van der Waals surface area (Å²) >= 11 is 7.26. The molecule has 1 aromatic heterocycles. The van der Waals surface area contributed by atoms with Gasteiger partial charge in [0.25, 0.3) is 0 Å². The van der Waals surface area contributed by atoms with Crippen LogP contribution >= 0.6 is 22.9 Å². The SMILES string of the molecule is CCOC(=O)c1cc(C(C)C)sc1NC(=O)Cc1c(F)cccc1Cl. The molecule has 0 aliphatic carbocycles. The topological polar surface area (TPSA) is 55.4 Å². The Labute approximate surface area is 155 Å². The third kappa shape index (κ3) is 4.80. The minimum atomic E-state index is -0.540. The van der Waals surface area contributed by atoms with Crippen LogP contribution in [0.15, 0.2) is 24.3 Å². The fourth-order valence-electron chi connectivity index (χ4n) is 2.18. The van der Waals surface area contributed by atoms with Crippen LogP contribution in [0, 0.1) is 5.82 Å². The maximum atomic E-state index is 13.8. The molecule has 0 atom stereocenters. The summed E-state index contributed by atoms with van der Waals surface area (Å²) < 4.78 is 18.9. The van der Waals surface area contributed by atoms with Gasteiger partial charge in [0.2, 0.25) is 5.91 Å². The zero-order valence-electron chi connectivity index (χ0n) is 14.2. The van der Waals surface area contributed by atoms with Crippen molar-refractivity contribution in [3.05, 3.63) is 51.1 Å². The molecule has 2 rings (SSSR count). The van der Waals surface area contributed by atoms with Crippen LogP contribution in [0.4, 0.5) is 9.39 Å². The molecule has 0 aliphatic heterocycles. The Kier molecular flexibility index (Phi) is 6.56. The third-order valence-corrected chi connectivity index (χ3v) is 5.17. The quantitative estimate of drug-likeness (QED) is 0.712. The molecule has 2 aromatic rings. The maximum absolute atomic E-state index is 13.8. The monoisotopic (exact) mass is 383 g/mol. The molecule has 0 radical (unpaired) electrons. The highest BCUT2D eigenvalue weighted by molar-refractivity contribution is 7.16. The van der Waals surface area contributed by atoms with Crippen molar-refractivity contribution in [3.63, 3.8) is 0 Å². The predicted octanol–water partition coefficient (Wildman–Crippen LogP) is 5.02. The van der Waals surface area contributed by atoms with Crippen LogP contribution in [-0.2, 0) is 16.0 Å². The van der Waals surface area contributed by atoms with Gasteiger partial charge in [-0.3, -0.25) is 4.79 Å². The number of carbonyl (C=O) groups is 2. The van der Waals surface area contributed by atoms with E-state index in [9.17, 15) is 14.0 Å². The van der Waals surface area contributed by atoms with Gasteiger partial charge in [-0.2, -0.15) is 0 Å². The number of rotatable bonds is 6. The van der Waals surface area contributed by atoms with Crippen molar-refractivity contribution in [1.82, 2.24) is 0 Å². The molecule has 0 saturated heterocycles. The fourth-order valence-corrected chi connectivity index (χ4v) is 3.48. The summed E-state index contributed by atoms with van der Waals surface area (Å²) in [5.41, 5.74) is 0.434. The largest absolute Gasteiger partial charge is 0.462 e. The summed E-state index contributed by atoms with van der Waals surface area (Å²) in [4.78, 5) is 25.4. The second-order valence-electron chi connectivity index (χ2n) is 5.69. The smallest absolute Gasteiger partial charge is 0.341 e. The first kappa shape index (κ1) is 19.4. The van der Waals surface area contributed by atoms with Gasteiger partial charge in [-0.15, -0.1) is 11.3 Å². The Morgan fingerprint density at radius 2 is 2.08 bits per heavy atom. The lowest BCUT2D eigenvalue weighted by Gasteiger charge is -2.08. The molecule has 0 fully saturated rings. The van der Waals surface area contributed by atoms with Crippen LogP contribution in [0.3, 0.4) is 0 Å². The van der Waals surface area contributed by atoms with Crippen LogP contribution in [0.5, 0.6) is 0 Å². The van der Waals surface area contributed by atoms with Crippen molar-refractivity contribution in [2.75, 3.05) is 11.9 Å².